The lowest BCUT2D eigenvalue weighted by molar-refractivity contribution is 0.921. The molecule has 112 valence electrons. The molecular weight excluding hydrogens is 334 g/mol. The summed E-state index contributed by atoms with van der Waals surface area (Å²) in [5, 5.41) is 0. The van der Waals surface area contributed by atoms with E-state index in [-0.39, 0.29) is 49.6 Å². The van der Waals surface area contributed by atoms with Crippen molar-refractivity contribution in [2.45, 2.75) is 25.7 Å². The van der Waals surface area contributed by atoms with Gasteiger partial charge in [-0.3, -0.25) is 0 Å². The number of hydrogen-bond acceptors (Lipinski definition) is 0. The van der Waals surface area contributed by atoms with Crippen LogP contribution in [0.3, 0.4) is 0 Å². The van der Waals surface area contributed by atoms with Crippen molar-refractivity contribution in [3.63, 3.8) is 0 Å². The maximum atomic E-state index is 2.28. The molecule has 4 bridgehead atoms. The topological polar surface area (TPSA) is 0 Å². The van der Waals surface area contributed by atoms with Crippen molar-refractivity contribution in [1.29, 1.82) is 0 Å². The standard InChI is InChI=1S/C16H16.4ClH/c1-2-14-4-3-13(1)9-10-15-5-7-16(8-6-15)12-11-14;;;;/h1-8H,9-12H2;4*1H. The first-order valence-electron chi connectivity index (χ1n) is 6.06. The number of halogens is 4. The highest BCUT2D eigenvalue weighted by molar-refractivity contribution is 5.86. The molecule has 4 aliphatic rings. The van der Waals surface area contributed by atoms with E-state index in [1.165, 1.54) is 22.3 Å². The van der Waals surface area contributed by atoms with Crippen LogP contribution in [0.15, 0.2) is 48.5 Å². The third-order valence-electron chi connectivity index (χ3n) is 3.45. The third kappa shape index (κ3) is 5.54. The molecule has 0 radical (unpaired) electrons. The van der Waals surface area contributed by atoms with Crippen LogP contribution in [0, 0.1) is 0 Å². The lowest BCUT2D eigenvalue weighted by atomic mass is 9.97. The van der Waals surface area contributed by atoms with E-state index in [2.05, 4.69) is 48.5 Å². The Bertz CT molecular complexity index is 383. The second-order valence-corrected chi connectivity index (χ2v) is 4.63. The van der Waals surface area contributed by atoms with E-state index in [0.717, 1.165) is 25.7 Å². The van der Waals surface area contributed by atoms with Gasteiger partial charge >= 0.3 is 0 Å². The van der Waals surface area contributed by atoms with Crippen molar-refractivity contribution in [3.05, 3.63) is 70.8 Å². The van der Waals surface area contributed by atoms with E-state index < -0.39 is 0 Å². The summed E-state index contributed by atoms with van der Waals surface area (Å²) in [7, 11) is 0. The summed E-state index contributed by atoms with van der Waals surface area (Å²) in [6, 6.07) is 18.2. The Morgan fingerprint density at radius 2 is 0.500 bits per heavy atom. The Hall–Kier alpha value is -0.400. The first kappa shape index (κ1) is 21.9. The second-order valence-electron chi connectivity index (χ2n) is 4.63. The molecule has 0 spiro atoms. The molecule has 0 amide bonds. The molecule has 0 fully saturated rings. The van der Waals surface area contributed by atoms with E-state index in [1.54, 1.807) is 0 Å². The van der Waals surface area contributed by atoms with Crippen molar-refractivity contribution in [2.24, 2.45) is 0 Å². The molecule has 0 saturated carbocycles. The van der Waals surface area contributed by atoms with Gasteiger partial charge in [-0.1, -0.05) is 48.5 Å². The first-order chi connectivity index (χ1) is 7.90. The molecule has 2 aromatic rings. The number of rotatable bonds is 0. The molecule has 0 N–H and O–H groups in total. The fraction of sp³-hybridized carbons (Fsp3) is 0.250. The lowest BCUT2D eigenvalue weighted by Crippen LogP contribution is -1.97. The van der Waals surface area contributed by atoms with Crippen LogP contribution in [-0.4, -0.2) is 0 Å². The second kappa shape index (κ2) is 10.3. The third-order valence-corrected chi connectivity index (χ3v) is 3.45. The Morgan fingerprint density at radius 1 is 0.350 bits per heavy atom. The Morgan fingerprint density at radius 3 is 0.650 bits per heavy atom. The zero-order valence-corrected chi connectivity index (χ0v) is 14.3. The Kier molecular flexibility index (Phi) is 11.3. The summed E-state index contributed by atoms with van der Waals surface area (Å²) in [5.74, 6) is 0. The van der Waals surface area contributed by atoms with Crippen LogP contribution in [0.5, 0.6) is 0 Å². The van der Waals surface area contributed by atoms with Crippen LogP contribution in [0.25, 0.3) is 0 Å². The molecule has 0 unspecified atom stereocenters. The van der Waals surface area contributed by atoms with Crippen LogP contribution < -0.4 is 0 Å². The molecule has 0 nitrogen and oxygen atoms in total. The number of hydrogen-bond donors (Lipinski definition) is 0. The minimum atomic E-state index is 0. The summed E-state index contributed by atoms with van der Waals surface area (Å²) in [5.41, 5.74) is 5.81. The summed E-state index contributed by atoms with van der Waals surface area (Å²) in [6.45, 7) is 0. The first-order valence-corrected chi connectivity index (χ1v) is 6.06. The van der Waals surface area contributed by atoms with Gasteiger partial charge in [-0.25, -0.2) is 0 Å². The summed E-state index contributed by atoms with van der Waals surface area (Å²) in [6.07, 6.45) is 4.61. The van der Waals surface area contributed by atoms with Gasteiger partial charge in [-0.15, -0.1) is 49.6 Å². The van der Waals surface area contributed by atoms with Crippen LogP contribution in [0.2, 0.25) is 0 Å². The highest BCUT2D eigenvalue weighted by Crippen LogP contribution is 2.14. The minimum absolute atomic E-state index is 0. The van der Waals surface area contributed by atoms with E-state index in [4.69, 9.17) is 0 Å². The van der Waals surface area contributed by atoms with E-state index in [1.807, 2.05) is 0 Å². The van der Waals surface area contributed by atoms with Gasteiger partial charge in [0.15, 0.2) is 0 Å². The van der Waals surface area contributed by atoms with Gasteiger partial charge < -0.3 is 0 Å². The normalized spacial score (nSPS) is 11.6. The monoisotopic (exact) mass is 352 g/mol. The predicted octanol–water partition coefficient (Wildman–Crippen LogP) is 5.26. The molecule has 4 heteroatoms. The van der Waals surface area contributed by atoms with Gasteiger partial charge in [-0.05, 0) is 47.9 Å². The maximum absolute atomic E-state index is 2.28. The average molecular weight is 354 g/mol. The lowest BCUT2D eigenvalue weighted by Gasteiger charge is -2.09. The van der Waals surface area contributed by atoms with Gasteiger partial charge in [0.1, 0.15) is 0 Å². The molecule has 0 heterocycles. The van der Waals surface area contributed by atoms with E-state index in [0.29, 0.717) is 0 Å². The molecule has 6 rings (SSSR count). The Labute approximate surface area is 146 Å². The summed E-state index contributed by atoms with van der Waals surface area (Å²) in [4.78, 5) is 0. The minimum Gasteiger partial charge on any atom is -0.147 e. The maximum Gasteiger partial charge on any atom is -0.0238 e. The van der Waals surface area contributed by atoms with Crippen molar-refractivity contribution >= 4 is 49.6 Å². The smallest absolute Gasteiger partial charge is 0.0238 e. The SMILES string of the molecule is Cl.Cl.Cl.Cl.c1cc2ccc1CCc1ccc(cc1)CC2. The molecule has 0 atom stereocenters. The van der Waals surface area contributed by atoms with Gasteiger partial charge in [-0.2, -0.15) is 0 Å². The molecule has 2 aromatic carbocycles. The molecule has 20 heavy (non-hydrogen) atoms. The van der Waals surface area contributed by atoms with Crippen LogP contribution in [0.1, 0.15) is 22.3 Å². The van der Waals surface area contributed by atoms with Crippen LogP contribution in [-0.2, 0) is 25.7 Å². The van der Waals surface area contributed by atoms with E-state index in [9.17, 15) is 0 Å². The number of aryl methyl sites for hydroxylation is 4. The fourth-order valence-corrected chi connectivity index (χ4v) is 2.32. The van der Waals surface area contributed by atoms with Gasteiger partial charge in [0.05, 0.1) is 0 Å². The summed E-state index contributed by atoms with van der Waals surface area (Å²) < 4.78 is 0. The molecule has 0 aliphatic heterocycles. The molecule has 0 saturated heterocycles. The average Bonchev–Trinajstić information content (AvgIpc) is 2.33. The largest absolute Gasteiger partial charge is 0.147 e. The van der Waals surface area contributed by atoms with Crippen molar-refractivity contribution < 1.29 is 0 Å². The van der Waals surface area contributed by atoms with Gasteiger partial charge in [0.2, 0.25) is 0 Å². The Balaban J connectivity index is 0. The quantitative estimate of drug-likeness (QED) is 0.606. The van der Waals surface area contributed by atoms with Crippen LogP contribution >= 0.6 is 49.6 Å². The van der Waals surface area contributed by atoms with E-state index >= 15 is 0 Å². The van der Waals surface area contributed by atoms with Gasteiger partial charge in [0.25, 0.3) is 0 Å². The highest BCUT2D eigenvalue weighted by Gasteiger charge is 2.01. The van der Waals surface area contributed by atoms with Crippen molar-refractivity contribution in [3.8, 4) is 0 Å². The van der Waals surface area contributed by atoms with Crippen LogP contribution in [0.4, 0.5) is 0 Å². The predicted molar refractivity (Wildman–Crippen MR) is 96.7 cm³/mol. The highest BCUT2D eigenvalue weighted by atomic mass is 35.5. The molecular formula is C16H20Cl4. The van der Waals surface area contributed by atoms with Gasteiger partial charge in [0, 0.05) is 0 Å². The molecule has 4 aliphatic carbocycles. The summed E-state index contributed by atoms with van der Waals surface area (Å²) >= 11 is 0. The molecule has 0 aromatic heterocycles. The fourth-order valence-electron chi connectivity index (χ4n) is 2.32. The zero-order chi connectivity index (χ0) is 10.8. The number of benzene rings is 2. The van der Waals surface area contributed by atoms with Crippen molar-refractivity contribution in [1.82, 2.24) is 0 Å². The zero-order valence-electron chi connectivity index (χ0n) is 11.1. The van der Waals surface area contributed by atoms with Crippen molar-refractivity contribution in [2.75, 3.05) is 0 Å².